The van der Waals surface area contributed by atoms with E-state index in [9.17, 15) is 0 Å². The number of fused-ring (bicyclic) bond motifs is 1. The van der Waals surface area contributed by atoms with Gasteiger partial charge in [-0.15, -0.1) is 0 Å². The maximum Gasteiger partial charge on any atom is 0.132 e. The standard InChI is InChI=1S/C8H6ClIN2/c1-12-6-4-2-3-5(9)7(6)8(10)11-12/h2-4H,1H3. The van der Waals surface area contributed by atoms with Gasteiger partial charge in [0, 0.05) is 7.05 Å². The van der Waals surface area contributed by atoms with Gasteiger partial charge in [0.05, 0.1) is 15.9 Å². The average Bonchev–Trinajstić information content (AvgIpc) is 2.29. The Morgan fingerprint density at radius 1 is 1.50 bits per heavy atom. The van der Waals surface area contributed by atoms with Gasteiger partial charge in [-0.25, -0.2) is 0 Å². The van der Waals surface area contributed by atoms with E-state index in [1.807, 2.05) is 29.9 Å². The summed E-state index contributed by atoms with van der Waals surface area (Å²) in [6, 6.07) is 5.83. The van der Waals surface area contributed by atoms with Crippen molar-refractivity contribution in [3.8, 4) is 0 Å². The van der Waals surface area contributed by atoms with Gasteiger partial charge < -0.3 is 0 Å². The molecule has 1 aromatic carbocycles. The molecule has 2 nitrogen and oxygen atoms in total. The summed E-state index contributed by atoms with van der Waals surface area (Å²) in [5.41, 5.74) is 1.08. The summed E-state index contributed by atoms with van der Waals surface area (Å²) in [4.78, 5) is 0. The molecule has 0 atom stereocenters. The number of hydrogen-bond donors (Lipinski definition) is 0. The fraction of sp³-hybridized carbons (Fsp3) is 0.125. The molecular weight excluding hydrogens is 286 g/mol. The van der Waals surface area contributed by atoms with Crippen LogP contribution in [0.5, 0.6) is 0 Å². The third-order valence-corrected chi connectivity index (χ3v) is 2.85. The lowest BCUT2D eigenvalue weighted by Crippen LogP contribution is -1.88. The Morgan fingerprint density at radius 2 is 2.25 bits per heavy atom. The molecular formula is C8H6ClIN2. The van der Waals surface area contributed by atoms with Crippen LogP contribution in [0.1, 0.15) is 0 Å². The van der Waals surface area contributed by atoms with Crippen molar-refractivity contribution in [3.05, 3.63) is 26.9 Å². The number of hydrogen-bond acceptors (Lipinski definition) is 1. The molecule has 4 heteroatoms. The molecule has 0 unspecified atom stereocenters. The molecule has 1 aromatic heterocycles. The normalized spacial score (nSPS) is 10.9. The minimum absolute atomic E-state index is 0.769. The van der Waals surface area contributed by atoms with Crippen LogP contribution in [-0.2, 0) is 7.05 Å². The quantitative estimate of drug-likeness (QED) is 0.683. The predicted octanol–water partition coefficient (Wildman–Crippen LogP) is 2.83. The molecule has 0 aliphatic carbocycles. The molecule has 0 bridgehead atoms. The van der Waals surface area contributed by atoms with Crippen molar-refractivity contribution in [1.29, 1.82) is 0 Å². The highest BCUT2D eigenvalue weighted by Crippen LogP contribution is 2.26. The SMILES string of the molecule is Cn1nc(I)c2c(Cl)cccc21. The lowest BCUT2D eigenvalue weighted by molar-refractivity contribution is 0.787. The van der Waals surface area contributed by atoms with E-state index in [0.717, 1.165) is 19.6 Å². The van der Waals surface area contributed by atoms with Crippen LogP contribution in [0, 0.1) is 3.70 Å². The van der Waals surface area contributed by atoms with Gasteiger partial charge in [-0.1, -0.05) is 17.7 Å². The van der Waals surface area contributed by atoms with Gasteiger partial charge in [0.15, 0.2) is 0 Å². The second kappa shape index (κ2) is 2.88. The van der Waals surface area contributed by atoms with Gasteiger partial charge in [0.25, 0.3) is 0 Å². The van der Waals surface area contributed by atoms with Crippen molar-refractivity contribution in [2.45, 2.75) is 0 Å². The molecule has 2 rings (SSSR count). The van der Waals surface area contributed by atoms with Gasteiger partial charge in [-0.05, 0) is 34.7 Å². The van der Waals surface area contributed by atoms with E-state index in [4.69, 9.17) is 11.6 Å². The van der Waals surface area contributed by atoms with E-state index >= 15 is 0 Å². The minimum atomic E-state index is 0.769. The molecule has 12 heavy (non-hydrogen) atoms. The Morgan fingerprint density at radius 3 is 2.92 bits per heavy atom. The third-order valence-electron chi connectivity index (χ3n) is 1.78. The van der Waals surface area contributed by atoms with Crippen molar-refractivity contribution >= 4 is 45.1 Å². The van der Waals surface area contributed by atoms with E-state index in [1.165, 1.54) is 0 Å². The van der Waals surface area contributed by atoms with Crippen LogP contribution in [0.15, 0.2) is 18.2 Å². The molecule has 2 aromatic rings. The maximum absolute atomic E-state index is 6.02. The van der Waals surface area contributed by atoms with Crippen molar-refractivity contribution in [3.63, 3.8) is 0 Å². The summed E-state index contributed by atoms with van der Waals surface area (Å²) in [7, 11) is 1.92. The second-order valence-electron chi connectivity index (χ2n) is 2.55. The average molecular weight is 293 g/mol. The molecule has 0 aliphatic heterocycles. The smallest absolute Gasteiger partial charge is 0.132 e. The Kier molecular flexibility index (Phi) is 2.00. The molecule has 62 valence electrons. The highest BCUT2D eigenvalue weighted by Gasteiger charge is 2.07. The second-order valence-corrected chi connectivity index (χ2v) is 3.98. The van der Waals surface area contributed by atoms with Gasteiger partial charge in [0.1, 0.15) is 3.70 Å². The van der Waals surface area contributed by atoms with Crippen molar-refractivity contribution in [2.75, 3.05) is 0 Å². The Balaban J connectivity index is 2.99. The van der Waals surface area contributed by atoms with Crippen LogP contribution in [0.25, 0.3) is 10.9 Å². The fourth-order valence-corrected chi connectivity index (χ4v) is 2.53. The number of benzene rings is 1. The third kappa shape index (κ3) is 1.11. The van der Waals surface area contributed by atoms with E-state index in [-0.39, 0.29) is 0 Å². The number of halogens is 2. The first kappa shape index (κ1) is 8.31. The first-order valence-electron chi connectivity index (χ1n) is 3.47. The number of aryl methyl sites for hydroxylation is 1. The van der Waals surface area contributed by atoms with Gasteiger partial charge in [-0.2, -0.15) is 5.10 Å². The van der Waals surface area contributed by atoms with Crippen LogP contribution in [0.2, 0.25) is 5.02 Å². The van der Waals surface area contributed by atoms with E-state index in [2.05, 4.69) is 27.7 Å². The summed E-state index contributed by atoms with van der Waals surface area (Å²) in [6.45, 7) is 0. The zero-order valence-corrected chi connectivity index (χ0v) is 9.30. The zero-order valence-electron chi connectivity index (χ0n) is 6.38. The lowest BCUT2D eigenvalue weighted by atomic mass is 10.2. The minimum Gasteiger partial charge on any atom is -0.267 e. The fourth-order valence-electron chi connectivity index (χ4n) is 1.22. The van der Waals surface area contributed by atoms with E-state index in [0.29, 0.717) is 0 Å². The number of aromatic nitrogens is 2. The molecule has 0 saturated heterocycles. The number of rotatable bonds is 0. The van der Waals surface area contributed by atoms with Crippen LogP contribution in [-0.4, -0.2) is 9.78 Å². The summed E-state index contributed by atoms with van der Waals surface area (Å²) in [6.07, 6.45) is 0. The first-order chi connectivity index (χ1) is 5.70. The Labute approximate surface area is 88.7 Å². The van der Waals surface area contributed by atoms with E-state index < -0.39 is 0 Å². The van der Waals surface area contributed by atoms with Gasteiger partial charge in [0.2, 0.25) is 0 Å². The lowest BCUT2D eigenvalue weighted by Gasteiger charge is -1.93. The van der Waals surface area contributed by atoms with Crippen molar-refractivity contribution < 1.29 is 0 Å². The highest BCUT2D eigenvalue weighted by molar-refractivity contribution is 14.1. The van der Waals surface area contributed by atoms with Crippen molar-refractivity contribution in [2.24, 2.45) is 7.05 Å². The number of nitrogens with zero attached hydrogens (tertiary/aromatic N) is 2. The molecule has 0 radical (unpaired) electrons. The summed E-state index contributed by atoms with van der Waals surface area (Å²) < 4.78 is 2.79. The van der Waals surface area contributed by atoms with Crippen LogP contribution in [0.3, 0.4) is 0 Å². The summed E-state index contributed by atoms with van der Waals surface area (Å²) >= 11 is 8.21. The first-order valence-corrected chi connectivity index (χ1v) is 4.92. The maximum atomic E-state index is 6.02. The van der Waals surface area contributed by atoms with Gasteiger partial charge in [-0.3, -0.25) is 4.68 Å². The molecule has 0 amide bonds. The predicted molar refractivity (Wildman–Crippen MR) is 58.4 cm³/mol. The highest BCUT2D eigenvalue weighted by atomic mass is 127. The topological polar surface area (TPSA) is 17.8 Å². The van der Waals surface area contributed by atoms with Crippen LogP contribution < -0.4 is 0 Å². The molecule has 0 aliphatic rings. The summed E-state index contributed by atoms with van der Waals surface area (Å²) in [5.74, 6) is 0. The monoisotopic (exact) mass is 292 g/mol. The Hall–Kier alpha value is -0.290. The van der Waals surface area contributed by atoms with Crippen LogP contribution in [0.4, 0.5) is 0 Å². The molecule has 0 saturated carbocycles. The largest absolute Gasteiger partial charge is 0.267 e. The zero-order chi connectivity index (χ0) is 8.72. The van der Waals surface area contributed by atoms with Crippen molar-refractivity contribution in [1.82, 2.24) is 9.78 Å². The Bertz CT molecular complexity index is 436. The molecule has 1 heterocycles. The molecule has 0 fully saturated rings. The van der Waals surface area contributed by atoms with Crippen LogP contribution >= 0.6 is 34.2 Å². The molecule has 0 spiro atoms. The van der Waals surface area contributed by atoms with E-state index in [1.54, 1.807) is 0 Å². The van der Waals surface area contributed by atoms with Gasteiger partial charge >= 0.3 is 0 Å². The summed E-state index contributed by atoms with van der Waals surface area (Å²) in [5, 5.41) is 6.08. The molecule has 0 N–H and O–H groups in total.